The van der Waals surface area contributed by atoms with E-state index >= 15 is 0 Å². The molecule has 1 aromatic carbocycles. The lowest BCUT2D eigenvalue weighted by Crippen LogP contribution is -2.38. The molecule has 0 spiro atoms. The van der Waals surface area contributed by atoms with Crippen molar-refractivity contribution < 1.29 is 9.90 Å². The van der Waals surface area contributed by atoms with E-state index in [-0.39, 0.29) is 18.6 Å². The number of nitrogens with one attached hydrogen (secondary N) is 1. The van der Waals surface area contributed by atoms with E-state index in [1.54, 1.807) is 6.20 Å². The van der Waals surface area contributed by atoms with E-state index in [2.05, 4.69) is 40.6 Å². The van der Waals surface area contributed by atoms with Gasteiger partial charge in [-0.15, -0.1) is 0 Å². The topological polar surface area (TPSA) is 65.5 Å². The zero-order chi connectivity index (χ0) is 19.8. The first-order valence-electron chi connectivity index (χ1n) is 10.3. The van der Waals surface area contributed by atoms with E-state index in [1.807, 2.05) is 24.0 Å². The maximum absolute atomic E-state index is 12.8. The van der Waals surface area contributed by atoms with Crippen LogP contribution < -0.4 is 5.32 Å². The summed E-state index contributed by atoms with van der Waals surface area (Å²) < 4.78 is 0. The van der Waals surface area contributed by atoms with Crippen LogP contribution >= 0.6 is 0 Å². The third-order valence-corrected chi connectivity index (χ3v) is 5.55. The van der Waals surface area contributed by atoms with Gasteiger partial charge in [0.2, 0.25) is 0 Å². The summed E-state index contributed by atoms with van der Waals surface area (Å²) >= 11 is 0. The van der Waals surface area contributed by atoms with Gasteiger partial charge in [-0.3, -0.25) is 4.79 Å². The van der Waals surface area contributed by atoms with E-state index in [0.717, 1.165) is 38.2 Å². The first kappa shape index (κ1) is 20.3. The average Bonchev–Trinajstić information content (AvgIpc) is 2.73. The number of aryl methyl sites for hydroxylation is 1. The highest BCUT2D eigenvalue weighted by Crippen LogP contribution is 2.23. The normalized spacial score (nSPS) is 16.0. The second-order valence-electron chi connectivity index (χ2n) is 7.75. The van der Waals surface area contributed by atoms with Gasteiger partial charge in [0.05, 0.1) is 5.56 Å². The van der Waals surface area contributed by atoms with Crippen LogP contribution in [0.15, 0.2) is 48.7 Å². The van der Waals surface area contributed by atoms with Crippen molar-refractivity contribution >= 4 is 11.7 Å². The van der Waals surface area contributed by atoms with Crippen molar-refractivity contribution in [1.29, 1.82) is 0 Å². The lowest BCUT2D eigenvalue weighted by molar-refractivity contribution is 0.0686. The molecule has 1 atom stereocenters. The number of carbonyl (C=O) groups is 1. The molecule has 1 saturated heterocycles. The van der Waals surface area contributed by atoms with E-state index in [0.29, 0.717) is 17.9 Å². The number of aliphatic hydroxyl groups is 1. The Labute approximate surface area is 167 Å². The fourth-order valence-corrected chi connectivity index (χ4v) is 3.75. The Balaban J connectivity index is 1.45. The number of aromatic nitrogens is 1. The molecule has 1 aromatic heterocycles. The third-order valence-electron chi connectivity index (χ3n) is 5.55. The van der Waals surface area contributed by atoms with Crippen LogP contribution in [0, 0.1) is 5.92 Å². The van der Waals surface area contributed by atoms with Crippen molar-refractivity contribution in [2.45, 2.75) is 45.1 Å². The Hall–Kier alpha value is -2.40. The van der Waals surface area contributed by atoms with Gasteiger partial charge in [-0.1, -0.05) is 30.3 Å². The molecule has 0 bridgehead atoms. The first-order chi connectivity index (χ1) is 13.7. The van der Waals surface area contributed by atoms with E-state index in [4.69, 9.17) is 5.11 Å². The minimum Gasteiger partial charge on any atom is -0.396 e. The maximum atomic E-state index is 12.8. The number of anilines is 1. The number of piperidine rings is 1. The molecule has 0 unspecified atom stereocenters. The number of carbonyl (C=O) groups excluding carboxylic acids is 1. The number of aliphatic hydroxyl groups excluding tert-OH is 1. The number of hydrogen-bond acceptors (Lipinski definition) is 4. The zero-order valence-corrected chi connectivity index (χ0v) is 16.7. The predicted octanol–water partition coefficient (Wildman–Crippen LogP) is 3.75. The summed E-state index contributed by atoms with van der Waals surface area (Å²) in [5.74, 6) is 1.50. The number of benzene rings is 1. The van der Waals surface area contributed by atoms with Crippen molar-refractivity contribution in [3.05, 3.63) is 59.8 Å². The molecule has 5 nitrogen and oxygen atoms in total. The highest BCUT2D eigenvalue weighted by atomic mass is 16.3. The third kappa shape index (κ3) is 5.80. The Morgan fingerprint density at radius 2 is 1.96 bits per heavy atom. The fourth-order valence-electron chi connectivity index (χ4n) is 3.75. The van der Waals surface area contributed by atoms with Crippen LogP contribution in [-0.2, 0) is 6.42 Å². The number of nitrogens with zero attached hydrogens (tertiary/aromatic N) is 2. The summed E-state index contributed by atoms with van der Waals surface area (Å²) in [6.45, 7) is 3.79. The van der Waals surface area contributed by atoms with Gasteiger partial charge >= 0.3 is 0 Å². The van der Waals surface area contributed by atoms with E-state index in [9.17, 15) is 4.79 Å². The second kappa shape index (κ2) is 10.2. The first-order valence-corrected chi connectivity index (χ1v) is 10.3. The lowest BCUT2D eigenvalue weighted by Gasteiger charge is -2.32. The average molecular weight is 382 g/mol. The summed E-state index contributed by atoms with van der Waals surface area (Å²) in [5.41, 5.74) is 2.04. The van der Waals surface area contributed by atoms with Crippen LogP contribution in [0.3, 0.4) is 0 Å². The molecule has 3 rings (SSSR count). The van der Waals surface area contributed by atoms with Gasteiger partial charge in [0, 0.05) is 31.9 Å². The smallest absolute Gasteiger partial charge is 0.255 e. The van der Waals surface area contributed by atoms with Gasteiger partial charge in [0.1, 0.15) is 5.82 Å². The molecule has 2 N–H and O–H groups in total. The summed E-state index contributed by atoms with van der Waals surface area (Å²) in [4.78, 5) is 19.1. The van der Waals surface area contributed by atoms with Crippen molar-refractivity contribution in [3.8, 4) is 0 Å². The number of likely N-dealkylation sites (tertiary alicyclic amines) is 1. The summed E-state index contributed by atoms with van der Waals surface area (Å²) in [6, 6.07) is 14.5. The van der Waals surface area contributed by atoms with Crippen LogP contribution in [-0.4, -0.2) is 46.6 Å². The van der Waals surface area contributed by atoms with Crippen LogP contribution in [0.1, 0.15) is 48.5 Å². The molecule has 1 fully saturated rings. The molecule has 0 saturated carbocycles. The standard InChI is InChI=1S/C23H31N3O2/c1-18(13-16-27)25-22-10-9-21(17-24-22)23(28)26-14-11-20(12-15-26)8-7-19-5-3-2-4-6-19/h2-6,9-10,17-18,20,27H,7-8,11-16H2,1H3,(H,24,25)/t18-/m0/s1. The summed E-state index contributed by atoms with van der Waals surface area (Å²) in [6.07, 6.45) is 6.78. The molecule has 2 aromatic rings. The van der Waals surface area contributed by atoms with Gasteiger partial charge in [0.25, 0.3) is 5.91 Å². The SMILES string of the molecule is C[C@@H](CCO)Nc1ccc(C(=O)N2CCC(CCc3ccccc3)CC2)cn1. The van der Waals surface area contributed by atoms with E-state index in [1.165, 1.54) is 12.0 Å². The summed E-state index contributed by atoms with van der Waals surface area (Å²) in [5, 5.41) is 12.2. The highest BCUT2D eigenvalue weighted by molar-refractivity contribution is 5.94. The monoisotopic (exact) mass is 381 g/mol. The van der Waals surface area contributed by atoms with Crippen molar-refractivity contribution in [1.82, 2.24) is 9.88 Å². The Kier molecular flexibility index (Phi) is 7.43. The number of hydrogen-bond donors (Lipinski definition) is 2. The maximum Gasteiger partial charge on any atom is 0.255 e. The minimum atomic E-state index is 0.0731. The van der Waals surface area contributed by atoms with E-state index < -0.39 is 0 Å². The van der Waals surface area contributed by atoms with Gasteiger partial charge < -0.3 is 15.3 Å². The van der Waals surface area contributed by atoms with Gasteiger partial charge in [-0.2, -0.15) is 0 Å². The molecule has 2 heterocycles. The van der Waals surface area contributed by atoms with Crippen LogP contribution in [0.25, 0.3) is 0 Å². The molecule has 28 heavy (non-hydrogen) atoms. The van der Waals surface area contributed by atoms with Crippen molar-refractivity contribution in [3.63, 3.8) is 0 Å². The molecule has 1 amide bonds. The lowest BCUT2D eigenvalue weighted by atomic mass is 9.90. The largest absolute Gasteiger partial charge is 0.396 e. The molecule has 150 valence electrons. The fraction of sp³-hybridized carbons (Fsp3) is 0.478. The quantitative estimate of drug-likeness (QED) is 0.731. The highest BCUT2D eigenvalue weighted by Gasteiger charge is 2.23. The second-order valence-corrected chi connectivity index (χ2v) is 7.75. The molecule has 0 aliphatic carbocycles. The Morgan fingerprint density at radius 1 is 1.21 bits per heavy atom. The Bertz CT molecular complexity index is 725. The molecule has 0 radical (unpaired) electrons. The molecular formula is C23H31N3O2. The van der Waals surface area contributed by atoms with Crippen LogP contribution in [0.5, 0.6) is 0 Å². The van der Waals surface area contributed by atoms with Crippen molar-refractivity contribution in [2.75, 3.05) is 25.0 Å². The van der Waals surface area contributed by atoms with Gasteiger partial charge in [0.15, 0.2) is 0 Å². The summed E-state index contributed by atoms with van der Waals surface area (Å²) in [7, 11) is 0. The number of amides is 1. The van der Waals surface area contributed by atoms with Gasteiger partial charge in [-0.05, 0) is 62.6 Å². The Morgan fingerprint density at radius 3 is 2.61 bits per heavy atom. The predicted molar refractivity (Wildman–Crippen MR) is 112 cm³/mol. The van der Waals surface area contributed by atoms with Crippen LogP contribution in [0.2, 0.25) is 0 Å². The molecular weight excluding hydrogens is 350 g/mol. The molecule has 1 aliphatic heterocycles. The number of rotatable bonds is 8. The van der Waals surface area contributed by atoms with Gasteiger partial charge in [-0.25, -0.2) is 4.98 Å². The van der Waals surface area contributed by atoms with Crippen LogP contribution in [0.4, 0.5) is 5.82 Å². The minimum absolute atomic E-state index is 0.0731. The molecule has 1 aliphatic rings. The number of pyridine rings is 1. The molecule has 5 heteroatoms. The van der Waals surface area contributed by atoms with Crippen molar-refractivity contribution in [2.24, 2.45) is 5.92 Å². The zero-order valence-electron chi connectivity index (χ0n) is 16.7.